The van der Waals surface area contributed by atoms with Crippen molar-refractivity contribution in [2.45, 2.75) is 48.4 Å². The van der Waals surface area contributed by atoms with Crippen LogP contribution in [-0.2, 0) is 26.2 Å². The Hall–Kier alpha value is -2.72. The number of hydrogen-bond acceptors (Lipinski definition) is 6. The van der Waals surface area contributed by atoms with Crippen molar-refractivity contribution in [2.24, 2.45) is 0 Å². The van der Waals surface area contributed by atoms with Crippen LogP contribution in [0, 0.1) is 0 Å². The molecule has 10 heteroatoms. The molecule has 156 valence electrons. The number of imide groups is 1. The maximum atomic E-state index is 13.1. The maximum absolute atomic E-state index is 13.1. The summed E-state index contributed by atoms with van der Waals surface area (Å²) >= 11 is 1.17. The summed E-state index contributed by atoms with van der Waals surface area (Å²) in [6.45, 7) is 0.197. The fraction of sp³-hybridized carbons (Fsp3) is 0.350. The van der Waals surface area contributed by atoms with Crippen molar-refractivity contribution in [1.29, 1.82) is 0 Å². The molecule has 1 aromatic carbocycles. The normalized spacial score (nSPS) is 21.5. The molecule has 3 aliphatic rings. The van der Waals surface area contributed by atoms with E-state index in [-0.39, 0.29) is 46.7 Å². The third kappa shape index (κ3) is 3.20. The van der Waals surface area contributed by atoms with E-state index in [2.05, 4.69) is 10.0 Å². The summed E-state index contributed by atoms with van der Waals surface area (Å²) in [5.74, 6) is -0.973. The van der Waals surface area contributed by atoms with Gasteiger partial charge in [0.2, 0.25) is 11.8 Å². The predicted molar refractivity (Wildman–Crippen MR) is 110 cm³/mol. The van der Waals surface area contributed by atoms with Crippen LogP contribution in [0.5, 0.6) is 0 Å². The molecule has 0 radical (unpaired) electrons. The number of thiophene rings is 1. The van der Waals surface area contributed by atoms with Gasteiger partial charge in [-0.3, -0.25) is 24.4 Å². The zero-order valence-corrected chi connectivity index (χ0v) is 17.5. The fourth-order valence-corrected chi connectivity index (χ4v) is 6.72. The Morgan fingerprint density at radius 1 is 1.10 bits per heavy atom. The van der Waals surface area contributed by atoms with Crippen LogP contribution in [0.2, 0.25) is 0 Å². The molecule has 1 unspecified atom stereocenters. The molecule has 8 nitrogen and oxygen atoms in total. The fourth-order valence-electron chi connectivity index (χ4n) is 4.11. The molecule has 1 aliphatic carbocycles. The summed E-state index contributed by atoms with van der Waals surface area (Å²) in [6, 6.07) is 6.10. The van der Waals surface area contributed by atoms with E-state index in [0.29, 0.717) is 5.56 Å². The van der Waals surface area contributed by atoms with Gasteiger partial charge in [0.1, 0.15) is 10.3 Å². The molecule has 2 N–H and O–H groups in total. The minimum atomic E-state index is -3.84. The number of hydrogen-bond donors (Lipinski definition) is 2. The first kappa shape index (κ1) is 19.3. The van der Waals surface area contributed by atoms with Crippen LogP contribution in [0.1, 0.15) is 53.1 Å². The van der Waals surface area contributed by atoms with Crippen LogP contribution < -0.4 is 10.0 Å². The third-order valence-corrected chi connectivity index (χ3v) is 8.60. The number of carbonyl (C=O) groups is 3. The van der Waals surface area contributed by atoms with Gasteiger partial charge in [0, 0.05) is 13.0 Å². The summed E-state index contributed by atoms with van der Waals surface area (Å²) in [5.41, 5.74) is 1.95. The van der Waals surface area contributed by atoms with Crippen LogP contribution in [0.3, 0.4) is 0 Å². The molecule has 3 amide bonds. The highest BCUT2D eigenvalue weighted by Gasteiger charge is 2.41. The zero-order chi connectivity index (χ0) is 21.0. The largest absolute Gasteiger partial charge is 0.322 e. The van der Waals surface area contributed by atoms with E-state index < -0.39 is 27.9 Å². The molecule has 2 fully saturated rings. The number of fused-ring (bicyclic) bond motifs is 1. The highest BCUT2D eigenvalue weighted by molar-refractivity contribution is 7.94. The van der Waals surface area contributed by atoms with Gasteiger partial charge in [0.25, 0.3) is 15.9 Å². The lowest BCUT2D eigenvalue weighted by Crippen LogP contribution is -2.52. The van der Waals surface area contributed by atoms with Crippen molar-refractivity contribution in [3.05, 3.63) is 46.3 Å². The average molecular weight is 446 g/mol. The molecule has 2 aliphatic heterocycles. The van der Waals surface area contributed by atoms with Gasteiger partial charge in [0.05, 0.1) is 11.3 Å². The molecule has 30 heavy (non-hydrogen) atoms. The second-order valence-electron chi connectivity index (χ2n) is 7.78. The second-order valence-corrected chi connectivity index (χ2v) is 10.6. The van der Waals surface area contributed by atoms with Crippen LogP contribution >= 0.6 is 11.3 Å². The van der Waals surface area contributed by atoms with Crippen molar-refractivity contribution in [1.82, 2.24) is 10.2 Å². The summed E-state index contributed by atoms with van der Waals surface area (Å²) < 4.78 is 29.0. The number of amides is 3. The Kier molecular flexibility index (Phi) is 4.44. The van der Waals surface area contributed by atoms with E-state index >= 15 is 0 Å². The number of benzene rings is 1. The molecule has 1 aromatic heterocycles. The second kappa shape index (κ2) is 6.92. The molecule has 0 bridgehead atoms. The molecule has 1 saturated carbocycles. The Morgan fingerprint density at radius 2 is 1.90 bits per heavy atom. The first-order chi connectivity index (χ1) is 14.3. The standard InChI is InChI=1S/C20H19N3O5S2/c24-16-7-6-15(18(25)21-16)23-10-12-2-1-3-14(17(12)19(23)26)22-30(27,28)20-13(8-9-29-20)11-4-5-11/h1-3,8-9,11,15,22H,4-7,10H2,(H,21,24,25). The summed E-state index contributed by atoms with van der Waals surface area (Å²) in [6.07, 6.45) is 2.39. The van der Waals surface area contributed by atoms with Gasteiger partial charge in [-0.15, -0.1) is 11.3 Å². The molecule has 3 heterocycles. The van der Waals surface area contributed by atoms with Gasteiger partial charge < -0.3 is 4.90 Å². The quantitative estimate of drug-likeness (QED) is 0.685. The minimum Gasteiger partial charge on any atom is -0.322 e. The van der Waals surface area contributed by atoms with Gasteiger partial charge in [-0.05, 0) is 53.8 Å². The van der Waals surface area contributed by atoms with Crippen molar-refractivity contribution < 1.29 is 22.8 Å². The van der Waals surface area contributed by atoms with Crippen LogP contribution in [0.15, 0.2) is 33.9 Å². The number of nitrogens with zero attached hydrogens (tertiary/aromatic N) is 1. The number of nitrogens with one attached hydrogen (secondary N) is 2. The molecular formula is C20H19N3O5S2. The molecule has 0 spiro atoms. The lowest BCUT2D eigenvalue weighted by molar-refractivity contribution is -0.136. The van der Waals surface area contributed by atoms with E-state index in [1.807, 2.05) is 6.07 Å². The zero-order valence-electron chi connectivity index (χ0n) is 15.9. The number of piperidine rings is 1. The average Bonchev–Trinajstić information content (AvgIpc) is 3.30. The predicted octanol–water partition coefficient (Wildman–Crippen LogP) is 2.19. The van der Waals surface area contributed by atoms with Crippen molar-refractivity contribution in [3.8, 4) is 0 Å². The Morgan fingerprint density at radius 3 is 2.63 bits per heavy atom. The van der Waals surface area contributed by atoms with Crippen molar-refractivity contribution >= 4 is 44.8 Å². The minimum absolute atomic E-state index is 0.165. The molecule has 1 atom stereocenters. The number of sulfonamides is 1. The monoisotopic (exact) mass is 445 g/mol. The van der Waals surface area contributed by atoms with E-state index in [9.17, 15) is 22.8 Å². The SMILES string of the molecule is O=C1CCC(N2Cc3cccc(NS(=O)(=O)c4sccc4C4CC4)c3C2=O)C(=O)N1. The summed E-state index contributed by atoms with van der Waals surface area (Å²) in [7, 11) is -3.84. The van der Waals surface area contributed by atoms with E-state index in [0.717, 1.165) is 18.4 Å². The third-order valence-electron chi connectivity index (χ3n) is 5.72. The van der Waals surface area contributed by atoms with Gasteiger partial charge in [-0.1, -0.05) is 12.1 Å². The molecule has 2 aromatic rings. The van der Waals surface area contributed by atoms with Crippen LogP contribution in [0.25, 0.3) is 0 Å². The lowest BCUT2D eigenvalue weighted by Gasteiger charge is -2.29. The number of anilines is 1. The van der Waals surface area contributed by atoms with Crippen LogP contribution in [-0.4, -0.2) is 37.1 Å². The Balaban J connectivity index is 1.44. The van der Waals surface area contributed by atoms with Gasteiger partial charge in [-0.2, -0.15) is 0 Å². The van der Waals surface area contributed by atoms with Crippen molar-refractivity contribution in [2.75, 3.05) is 4.72 Å². The molecule has 5 rings (SSSR count). The smallest absolute Gasteiger partial charge is 0.271 e. The molecular weight excluding hydrogens is 426 g/mol. The van der Waals surface area contributed by atoms with Gasteiger partial charge in [0.15, 0.2) is 0 Å². The highest BCUT2D eigenvalue weighted by Crippen LogP contribution is 2.45. The van der Waals surface area contributed by atoms with Crippen molar-refractivity contribution in [3.63, 3.8) is 0 Å². The first-order valence-electron chi connectivity index (χ1n) is 9.72. The first-order valence-corrected chi connectivity index (χ1v) is 12.1. The Bertz CT molecular complexity index is 1180. The Labute approximate surface area is 177 Å². The van der Waals surface area contributed by atoms with E-state index in [4.69, 9.17) is 0 Å². The number of rotatable bonds is 5. The number of carbonyl (C=O) groups excluding carboxylic acids is 3. The van der Waals surface area contributed by atoms with Gasteiger partial charge >= 0.3 is 0 Å². The summed E-state index contributed by atoms with van der Waals surface area (Å²) in [4.78, 5) is 38.2. The van der Waals surface area contributed by atoms with Gasteiger partial charge in [-0.25, -0.2) is 8.42 Å². The van der Waals surface area contributed by atoms with E-state index in [1.165, 1.54) is 16.2 Å². The maximum Gasteiger partial charge on any atom is 0.271 e. The summed E-state index contributed by atoms with van der Waals surface area (Å²) in [5, 5.41) is 4.04. The lowest BCUT2D eigenvalue weighted by atomic mass is 10.0. The molecule has 1 saturated heterocycles. The topological polar surface area (TPSA) is 113 Å². The highest BCUT2D eigenvalue weighted by atomic mass is 32.2. The van der Waals surface area contributed by atoms with E-state index in [1.54, 1.807) is 23.6 Å². The van der Waals surface area contributed by atoms with Crippen LogP contribution in [0.4, 0.5) is 5.69 Å².